The van der Waals surface area contributed by atoms with Gasteiger partial charge in [-0.25, -0.2) is 4.98 Å². The van der Waals surface area contributed by atoms with Gasteiger partial charge >= 0.3 is 5.97 Å². The second-order valence-corrected chi connectivity index (χ2v) is 7.66. The quantitative estimate of drug-likeness (QED) is 0.753. The van der Waals surface area contributed by atoms with Crippen molar-refractivity contribution >= 4 is 23.2 Å². The number of nitrogens with zero attached hydrogens (tertiary/aromatic N) is 1. The van der Waals surface area contributed by atoms with Crippen LogP contribution in [0.25, 0.3) is 10.6 Å². The van der Waals surface area contributed by atoms with Crippen LogP contribution in [0.1, 0.15) is 41.0 Å². The minimum absolute atomic E-state index is 0.0564. The molecule has 0 saturated heterocycles. The fourth-order valence-corrected chi connectivity index (χ4v) is 4.19. The van der Waals surface area contributed by atoms with Crippen molar-refractivity contribution < 1.29 is 24.2 Å². The number of thiazole rings is 1. The molecule has 1 fully saturated rings. The molecular weight excluding hydrogens is 368 g/mol. The molecule has 3 rings (SSSR count). The van der Waals surface area contributed by atoms with Crippen LogP contribution in [0, 0.1) is 6.92 Å². The van der Waals surface area contributed by atoms with Gasteiger partial charge in [-0.3, -0.25) is 9.59 Å². The number of aryl methyl sites for hydroxylation is 1. The highest BCUT2D eigenvalue weighted by Gasteiger charge is 2.41. The van der Waals surface area contributed by atoms with E-state index in [0.717, 1.165) is 12.0 Å². The summed E-state index contributed by atoms with van der Waals surface area (Å²) in [5.74, 6) is 0.0385. The maximum absolute atomic E-state index is 12.7. The molecule has 0 radical (unpaired) electrons. The van der Waals surface area contributed by atoms with Crippen LogP contribution in [0.2, 0.25) is 0 Å². The first-order valence-corrected chi connectivity index (χ1v) is 9.43. The van der Waals surface area contributed by atoms with Gasteiger partial charge < -0.3 is 19.9 Å². The lowest BCUT2D eigenvalue weighted by atomic mass is 9.74. The van der Waals surface area contributed by atoms with Crippen molar-refractivity contribution in [2.45, 2.75) is 38.1 Å². The van der Waals surface area contributed by atoms with Crippen molar-refractivity contribution in [2.24, 2.45) is 0 Å². The van der Waals surface area contributed by atoms with Crippen molar-refractivity contribution in [3.8, 4) is 22.1 Å². The number of benzene rings is 1. The molecule has 1 aromatic heterocycles. The lowest BCUT2D eigenvalue weighted by Crippen LogP contribution is -2.54. The molecule has 27 heavy (non-hydrogen) atoms. The van der Waals surface area contributed by atoms with Gasteiger partial charge in [0.2, 0.25) is 0 Å². The van der Waals surface area contributed by atoms with Crippen LogP contribution in [0.3, 0.4) is 0 Å². The number of carbonyl (C=O) groups is 2. The van der Waals surface area contributed by atoms with E-state index in [1.807, 2.05) is 12.1 Å². The number of ether oxygens (including phenoxy) is 2. The van der Waals surface area contributed by atoms with Crippen LogP contribution in [-0.2, 0) is 4.79 Å². The average molecular weight is 390 g/mol. The van der Waals surface area contributed by atoms with Gasteiger partial charge in [-0.1, -0.05) is 0 Å². The van der Waals surface area contributed by atoms with Crippen molar-refractivity contribution in [2.75, 3.05) is 14.2 Å². The second-order valence-electron chi connectivity index (χ2n) is 6.66. The van der Waals surface area contributed by atoms with Gasteiger partial charge in [0.15, 0.2) is 11.5 Å². The summed E-state index contributed by atoms with van der Waals surface area (Å²) in [5.41, 5.74) is 0.804. The highest BCUT2D eigenvalue weighted by atomic mass is 32.1. The summed E-state index contributed by atoms with van der Waals surface area (Å²) in [6, 6.07) is 5.47. The Hall–Kier alpha value is -2.61. The molecular formula is C19H22N2O5S. The van der Waals surface area contributed by atoms with E-state index in [4.69, 9.17) is 14.6 Å². The largest absolute Gasteiger partial charge is 0.493 e. The van der Waals surface area contributed by atoms with Gasteiger partial charge in [-0.15, -0.1) is 11.3 Å². The smallest absolute Gasteiger partial charge is 0.305 e. The van der Waals surface area contributed by atoms with E-state index in [0.29, 0.717) is 39.9 Å². The van der Waals surface area contributed by atoms with E-state index in [2.05, 4.69) is 10.3 Å². The van der Waals surface area contributed by atoms with E-state index < -0.39 is 11.5 Å². The molecule has 1 saturated carbocycles. The molecule has 1 amide bonds. The molecule has 7 nitrogen and oxygen atoms in total. The summed E-state index contributed by atoms with van der Waals surface area (Å²) in [6.07, 6.45) is 2.24. The lowest BCUT2D eigenvalue weighted by Gasteiger charge is -2.41. The first-order chi connectivity index (χ1) is 12.9. The topological polar surface area (TPSA) is 97.8 Å². The number of carboxylic acid groups (broad SMARTS) is 1. The third kappa shape index (κ3) is 3.90. The summed E-state index contributed by atoms with van der Waals surface area (Å²) in [5, 5.41) is 12.7. The van der Waals surface area contributed by atoms with Crippen LogP contribution in [0.15, 0.2) is 18.2 Å². The monoisotopic (exact) mass is 390 g/mol. The molecule has 0 spiro atoms. The highest BCUT2D eigenvalue weighted by Crippen LogP contribution is 2.37. The normalized spacial score (nSPS) is 14.9. The number of rotatable bonds is 7. The Labute approximate surface area is 161 Å². The molecule has 144 valence electrons. The Balaban J connectivity index is 1.84. The van der Waals surface area contributed by atoms with Crippen LogP contribution < -0.4 is 14.8 Å². The maximum atomic E-state index is 12.7. The predicted octanol–water partition coefficient (Wildman–Crippen LogP) is 3.26. The van der Waals surface area contributed by atoms with E-state index in [1.54, 1.807) is 27.2 Å². The minimum Gasteiger partial charge on any atom is -0.493 e. The lowest BCUT2D eigenvalue weighted by molar-refractivity contribution is -0.139. The number of nitrogens with one attached hydrogen (secondary N) is 1. The standard InChI is InChI=1S/C19H22N2O5S/c1-11-16(17(24)21-19(7-4-8-19)10-15(22)23)27-18(20-11)12-5-6-13(25-2)14(9-12)26-3/h5-6,9H,4,7-8,10H2,1-3H3,(H,21,24)(H,22,23). The van der Waals surface area contributed by atoms with Crippen LogP contribution in [0.5, 0.6) is 11.5 Å². The minimum atomic E-state index is -0.901. The highest BCUT2D eigenvalue weighted by molar-refractivity contribution is 7.17. The molecule has 0 atom stereocenters. The Kier molecular flexibility index (Phi) is 5.36. The number of methoxy groups -OCH3 is 2. The molecule has 0 aliphatic heterocycles. The van der Waals surface area contributed by atoms with E-state index in [-0.39, 0.29) is 12.3 Å². The maximum Gasteiger partial charge on any atom is 0.305 e. The molecule has 8 heteroatoms. The molecule has 0 bridgehead atoms. The van der Waals surface area contributed by atoms with Crippen molar-refractivity contribution in [1.82, 2.24) is 10.3 Å². The SMILES string of the molecule is COc1ccc(-c2nc(C)c(C(=O)NC3(CC(=O)O)CCC3)s2)cc1OC. The summed E-state index contributed by atoms with van der Waals surface area (Å²) < 4.78 is 10.6. The number of amides is 1. The average Bonchev–Trinajstić information content (AvgIpc) is 3.00. The molecule has 2 aromatic rings. The molecule has 1 aromatic carbocycles. The number of hydrogen-bond donors (Lipinski definition) is 2. The van der Waals surface area contributed by atoms with Gasteiger partial charge in [-0.05, 0) is 44.4 Å². The molecule has 1 aliphatic carbocycles. The Morgan fingerprint density at radius 3 is 2.52 bits per heavy atom. The van der Waals surface area contributed by atoms with E-state index >= 15 is 0 Å². The zero-order valence-corrected chi connectivity index (χ0v) is 16.3. The first kappa shape index (κ1) is 19.2. The fraction of sp³-hybridized carbons (Fsp3) is 0.421. The number of hydrogen-bond acceptors (Lipinski definition) is 6. The predicted molar refractivity (Wildman–Crippen MR) is 102 cm³/mol. The van der Waals surface area contributed by atoms with E-state index in [1.165, 1.54) is 11.3 Å². The second kappa shape index (κ2) is 7.56. The van der Waals surface area contributed by atoms with E-state index in [9.17, 15) is 9.59 Å². The molecule has 2 N–H and O–H groups in total. The first-order valence-electron chi connectivity index (χ1n) is 8.61. The number of aromatic nitrogens is 1. The number of aliphatic carboxylic acids is 1. The Bertz CT molecular complexity index is 873. The summed E-state index contributed by atoms with van der Waals surface area (Å²) in [6.45, 7) is 1.78. The van der Waals surface area contributed by atoms with Crippen molar-refractivity contribution in [1.29, 1.82) is 0 Å². The molecule has 1 heterocycles. The van der Waals surface area contributed by atoms with Crippen LogP contribution >= 0.6 is 11.3 Å². The fourth-order valence-electron chi connectivity index (χ4n) is 3.24. The van der Waals surface area contributed by atoms with Crippen LogP contribution in [0.4, 0.5) is 0 Å². The van der Waals surface area contributed by atoms with Crippen LogP contribution in [-0.4, -0.2) is 41.7 Å². The van der Waals surface area contributed by atoms with Gasteiger partial charge in [0, 0.05) is 5.56 Å². The summed E-state index contributed by atoms with van der Waals surface area (Å²) >= 11 is 1.28. The van der Waals surface area contributed by atoms with Gasteiger partial charge in [-0.2, -0.15) is 0 Å². The van der Waals surface area contributed by atoms with Gasteiger partial charge in [0.1, 0.15) is 9.88 Å². The number of carboxylic acids is 1. The number of carbonyl (C=O) groups excluding carboxylic acids is 1. The summed E-state index contributed by atoms with van der Waals surface area (Å²) in [7, 11) is 3.13. The molecule has 0 unspecified atom stereocenters. The zero-order valence-electron chi connectivity index (χ0n) is 15.5. The van der Waals surface area contributed by atoms with Crippen molar-refractivity contribution in [3.05, 3.63) is 28.8 Å². The molecule has 1 aliphatic rings. The Morgan fingerprint density at radius 1 is 1.26 bits per heavy atom. The zero-order chi connectivity index (χ0) is 19.6. The summed E-state index contributed by atoms with van der Waals surface area (Å²) in [4.78, 5) is 28.9. The third-order valence-corrected chi connectivity index (χ3v) is 6.02. The Morgan fingerprint density at radius 2 is 1.96 bits per heavy atom. The van der Waals surface area contributed by atoms with Gasteiger partial charge in [0.05, 0.1) is 31.9 Å². The van der Waals surface area contributed by atoms with Gasteiger partial charge in [0.25, 0.3) is 5.91 Å². The third-order valence-electron chi connectivity index (χ3n) is 4.81. The van der Waals surface area contributed by atoms with Crippen molar-refractivity contribution in [3.63, 3.8) is 0 Å².